The summed E-state index contributed by atoms with van der Waals surface area (Å²) in [5.74, 6) is 1.04. The summed E-state index contributed by atoms with van der Waals surface area (Å²) in [6, 6.07) is 0. The number of aliphatic carboxylic acids is 1. The molecule has 1 amide bonds. The molecule has 0 aromatic heterocycles. The topological polar surface area (TPSA) is 92.7 Å². The average Bonchev–Trinajstić information content (AvgIpc) is 3.05. The molecule has 5 aliphatic carbocycles. The van der Waals surface area contributed by atoms with Crippen molar-refractivity contribution in [3.05, 3.63) is 11.6 Å². The van der Waals surface area contributed by atoms with E-state index in [1.807, 2.05) is 0 Å². The highest BCUT2D eigenvalue weighted by molar-refractivity contribution is 5.84. The lowest BCUT2D eigenvalue weighted by atomic mass is 9.33. The van der Waals surface area contributed by atoms with Gasteiger partial charge < -0.3 is 15.2 Å². The summed E-state index contributed by atoms with van der Waals surface area (Å²) in [4.78, 5) is 37.8. The molecule has 51 heavy (non-hydrogen) atoms. The van der Waals surface area contributed by atoms with Gasteiger partial charge in [0.1, 0.15) is 6.10 Å². The fourth-order valence-electron chi connectivity index (χ4n) is 13.1. The number of allylic oxidation sites excluding steroid dienone is 2. The molecule has 0 spiro atoms. The maximum atomic E-state index is 14.4. The van der Waals surface area contributed by atoms with Crippen LogP contribution >= 0.6 is 0 Å². The van der Waals surface area contributed by atoms with Gasteiger partial charge in [0, 0.05) is 24.8 Å². The first-order valence-electron chi connectivity index (χ1n) is 21.4. The number of carbonyl (C=O) groups excluding carboxylic acids is 2. The van der Waals surface area contributed by atoms with Crippen LogP contribution in [0.5, 0.6) is 0 Å². The molecular weight excluding hydrogens is 634 g/mol. The van der Waals surface area contributed by atoms with Crippen molar-refractivity contribution >= 4 is 17.8 Å². The van der Waals surface area contributed by atoms with E-state index in [9.17, 15) is 14.4 Å². The van der Waals surface area contributed by atoms with Gasteiger partial charge in [-0.05, 0) is 123 Å². The lowest BCUT2D eigenvalue weighted by molar-refractivity contribution is -0.213. The van der Waals surface area contributed by atoms with Crippen molar-refractivity contribution in [2.45, 2.75) is 196 Å². The van der Waals surface area contributed by atoms with Gasteiger partial charge in [0.15, 0.2) is 0 Å². The predicted octanol–water partition coefficient (Wildman–Crippen LogP) is 11.2. The quantitative estimate of drug-likeness (QED) is 0.100. The number of amides is 1. The molecule has 4 fully saturated rings. The zero-order chi connectivity index (χ0) is 37.3. The van der Waals surface area contributed by atoms with Crippen LogP contribution in [0.2, 0.25) is 0 Å². The van der Waals surface area contributed by atoms with Crippen LogP contribution in [0, 0.1) is 50.2 Å². The highest BCUT2D eigenvalue weighted by Crippen LogP contribution is 2.75. The Labute approximate surface area is 311 Å². The third-order valence-corrected chi connectivity index (χ3v) is 16.4. The maximum absolute atomic E-state index is 14.4. The molecule has 0 aromatic carbocycles. The molecule has 6 nitrogen and oxygen atoms in total. The number of unbranched alkanes of at least 4 members (excludes halogenated alkanes) is 7. The molecule has 0 unspecified atom stereocenters. The number of rotatable bonds is 15. The largest absolute Gasteiger partial charge is 0.481 e. The number of esters is 1. The van der Waals surface area contributed by atoms with E-state index in [2.05, 4.69) is 66.8 Å². The summed E-state index contributed by atoms with van der Waals surface area (Å²) in [5, 5.41) is 12.3. The van der Waals surface area contributed by atoms with Crippen molar-refractivity contribution in [2.75, 3.05) is 6.54 Å². The molecule has 0 aliphatic heterocycles. The second-order valence-corrected chi connectivity index (χ2v) is 20.2. The molecule has 2 N–H and O–H groups in total. The van der Waals surface area contributed by atoms with Crippen molar-refractivity contribution in [1.82, 2.24) is 5.32 Å². The Bertz CT molecular complexity index is 1300. The molecule has 5 rings (SSSR count). The number of carbonyl (C=O) groups is 3. The first-order chi connectivity index (χ1) is 24.0. The second-order valence-electron chi connectivity index (χ2n) is 20.2. The summed E-state index contributed by atoms with van der Waals surface area (Å²) in [6.45, 7) is 20.3. The zero-order valence-corrected chi connectivity index (χ0v) is 34.0. The summed E-state index contributed by atoms with van der Waals surface area (Å²) < 4.78 is 6.19. The smallest absolute Gasteiger partial charge is 0.306 e. The van der Waals surface area contributed by atoms with Gasteiger partial charge in [-0.25, -0.2) is 0 Å². The molecule has 290 valence electrons. The number of hydrogen-bond acceptors (Lipinski definition) is 4. The van der Waals surface area contributed by atoms with Crippen molar-refractivity contribution in [3.63, 3.8) is 0 Å². The summed E-state index contributed by atoms with van der Waals surface area (Å²) in [7, 11) is 0. The molecule has 8 atom stereocenters. The Kier molecular flexibility index (Phi) is 12.2. The van der Waals surface area contributed by atoms with Crippen LogP contribution in [0.4, 0.5) is 0 Å². The third kappa shape index (κ3) is 7.60. The van der Waals surface area contributed by atoms with Crippen LogP contribution in [0.25, 0.3) is 0 Å². The van der Waals surface area contributed by atoms with E-state index in [4.69, 9.17) is 9.84 Å². The van der Waals surface area contributed by atoms with Crippen molar-refractivity contribution in [2.24, 2.45) is 50.2 Å². The van der Waals surface area contributed by atoms with Crippen molar-refractivity contribution in [3.8, 4) is 0 Å². The molecule has 0 bridgehead atoms. The molecule has 0 aromatic rings. The monoisotopic (exact) mass is 710 g/mol. The van der Waals surface area contributed by atoms with Crippen molar-refractivity contribution < 1.29 is 24.2 Å². The van der Waals surface area contributed by atoms with E-state index >= 15 is 0 Å². The average molecular weight is 710 g/mol. The molecule has 4 saturated carbocycles. The van der Waals surface area contributed by atoms with Crippen LogP contribution < -0.4 is 5.32 Å². The second kappa shape index (κ2) is 15.5. The zero-order valence-electron chi connectivity index (χ0n) is 34.0. The lowest BCUT2D eigenvalue weighted by Gasteiger charge is -2.71. The summed E-state index contributed by atoms with van der Waals surface area (Å²) >= 11 is 0. The third-order valence-electron chi connectivity index (χ3n) is 16.4. The van der Waals surface area contributed by atoms with Crippen LogP contribution in [0.15, 0.2) is 11.6 Å². The molecule has 0 saturated heterocycles. The number of nitrogens with one attached hydrogen (secondary N) is 1. The Morgan fingerprint density at radius 2 is 1.43 bits per heavy atom. The van der Waals surface area contributed by atoms with Gasteiger partial charge in [0.2, 0.25) is 5.91 Å². The van der Waals surface area contributed by atoms with Gasteiger partial charge in [-0.3, -0.25) is 14.4 Å². The number of ether oxygens (including phenoxy) is 1. The van der Waals surface area contributed by atoms with Gasteiger partial charge in [0.25, 0.3) is 0 Å². The summed E-state index contributed by atoms with van der Waals surface area (Å²) in [6.07, 6.45) is 23.9. The van der Waals surface area contributed by atoms with Crippen LogP contribution in [-0.4, -0.2) is 35.6 Å². The first kappa shape index (κ1) is 40.3. The molecule has 0 heterocycles. The molecular formula is C45H75NO5. The Balaban J connectivity index is 1.27. The Morgan fingerprint density at radius 3 is 2.10 bits per heavy atom. The molecule has 5 aliphatic rings. The van der Waals surface area contributed by atoms with Crippen molar-refractivity contribution in [1.29, 1.82) is 0 Å². The van der Waals surface area contributed by atoms with Gasteiger partial charge in [-0.15, -0.1) is 0 Å². The van der Waals surface area contributed by atoms with Gasteiger partial charge in [-0.2, -0.15) is 0 Å². The van der Waals surface area contributed by atoms with E-state index in [1.165, 1.54) is 32.1 Å². The van der Waals surface area contributed by atoms with E-state index in [-0.39, 0.29) is 51.0 Å². The highest BCUT2D eigenvalue weighted by atomic mass is 16.5. The lowest BCUT2D eigenvalue weighted by Crippen LogP contribution is -2.65. The highest BCUT2D eigenvalue weighted by Gasteiger charge is 2.69. The number of fused-ring (bicyclic) bond motifs is 7. The first-order valence-corrected chi connectivity index (χ1v) is 21.4. The summed E-state index contributed by atoms with van der Waals surface area (Å²) in [5.41, 5.74) is 2.01. The number of carboxylic acids is 1. The SMILES string of the molecule is CCCC(=O)O[C@H]1CC[C@]2(C)[C@H]3CC=C4[C@@H]5CC(C)(C)CC[C@]5(C(=O)NCCCCCCCCCCC(=O)O)CC[C@@]4(C)[C@]3(C)CC[C@H]2C1(C)C. The number of hydrogen-bond donors (Lipinski definition) is 2. The maximum Gasteiger partial charge on any atom is 0.306 e. The molecule has 6 heteroatoms. The van der Waals surface area contributed by atoms with Crippen LogP contribution in [-0.2, 0) is 19.1 Å². The Hall–Kier alpha value is -1.85. The van der Waals surface area contributed by atoms with Gasteiger partial charge >= 0.3 is 11.9 Å². The predicted molar refractivity (Wildman–Crippen MR) is 206 cm³/mol. The fourth-order valence-corrected chi connectivity index (χ4v) is 13.1. The Morgan fingerprint density at radius 1 is 0.784 bits per heavy atom. The fraction of sp³-hybridized carbons (Fsp3) is 0.889. The minimum Gasteiger partial charge on any atom is -0.481 e. The van der Waals surface area contributed by atoms with Crippen LogP contribution in [0.1, 0.15) is 190 Å². The standard InChI is InChI=1S/C45H75NO5/c1-9-18-38(49)51-36-23-24-42(6)34(41(36,4)5)22-25-44(8)35(42)21-20-32-33-31-40(2,3)26-28-45(33,29-27-43(32,44)7)39(50)46-30-17-15-13-11-10-12-14-16-19-37(47)48/h20,33-36H,9-19,21-31H2,1-8H3,(H,46,50)(H,47,48)/t33-,34-,35+,36-,42-,43+,44+,45-/m0/s1. The normalized spacial score (nSPS) is 37.8. The van der Waals surface area contributed by atoms with Gasteiger partial charge in [-0.1, -0.05) is 106 Å². The minimum absolute atomic E-state index is 0.00407. The van der Waals surface area contributed by atoms with E-state index in [1.54, 1.807) is 5.57 Å². The van der Waals surface area contributed by atoms with E-state index in [0.717, 1.165) is 96.4 Å². The molecule has 0 radical (unpaired) electrons. The van der Waals surface area contributed by atoms with E-state index < -0.39 is 5.97 Å². The van der Waals surface area contributed by atoms with Gasteiger partial charge in [0.05, 0.1) is 5.41 Å². The number of carboxylic acid groups (broad SMARTS) is 1. The minimum atomic E-state index is -0.691. The van der Waals surface area contributed by atoms with E-state index in [0.29, 0.717) is 30.1 Å². The van der Waals surface area contributed by atoms with Crippen LogP contribution in [0.3, 0.4) is 0 Å².